The second-order valence-electron chi connectivity index (χ2n) is 1.86. The van der Waals surface area contributed by atoms with Crippen LogP contribution in [0.4, 0.5) is 5.82 Å². The number of hydrogen-bond acceptors (Lipinski definition) is 2. The van der Waals surface area contributed by atoms with Crippen LogP contribution in [0.25, 0.3) is 6.20 Å². The van der Waals surface area contributed by atoms with E-state index in [1.165, 1.54) is 0 Å². The van der Waals surface area contributed by atoms with Gasteiger partial charge in [0.2, 0.25) is 0 Å². The molecule has 1 aromatic rings. The van der Waals surface area contributed by atoms with Crippen LogP contribution in [-0.2, 0) is 0 Å². The molecule has 3 nitrogen and oxygen atoms in total. The molecule has 0 saturated carbocycles. The summed E-state index contributed by atoms with van der Waals surface area (Å²) in [6.07, 6.45) is 8.16. The number of nitrogens with zero attached hydrogens (tertiary/aromatic N) is 3. The first-order chi connectivity index (χ1) is 5.38. The standard InChI is InChI=1S/C8H9N3/c1-3-5-10-8-6-9-7-11(8)4-2/h3-7H,1-2H2. The summed E-state index contributed by atoms with van der Waals surface area (Å²) < 4.78 is 1.72. The Morgan fingerprint density at radius 2 is 2.36 bits per heavy atom. The Balaban J connectivity index is 2.92. The van der Waals surface area contributed by atoms with E-state index in [0.717, 1.165) is 5.82 Å². The predicted octanol–water partition coefficient (Wildman–Crippen LogP) is 1.87. The van der Waals surface area contributed by atoms with E-state index in [-0.39, 0.29) is 0 Å². The van der Waals surface area contributed by atoms with E-state index in [0.29, 0.717) is 0 Å². The van der Waals surface area contributed by atoms with E-state index in [9.17, 15) is 0 Å². The van der Waals surface area contributed by atoms with Gasteiger partial charge in [-0.2, -0.15) is 0 Å². The average Bonchev–Trinajstić information content (AvgIpc) is 2.47. The fourth-order valence-electron chi connectivity index (χ4n) is 0.667. The molecule has 3 heteroatoms. The lowest BCUT2D eigenvalue weighted by Gasteiger charge is -1.92. The Hall–Kier alpha value is -1.64. The summed E-state index contributed by atoms with van der Waals surface area (Å²) >= 11 is 0. The number of aliphatic imine (C=N–C) groups is 1. The van der Waals surface area contributed by atoms with E-state index in [1.54, 1.807) is 35.6 Å². The van der Waals surface area contributed by atoms with Gasteiger partial charge < -0.3 is 0 Å². The molecule has 0 amide bonds. The van der Waals surface area contributed by atoms with Crippen molar-refractivity contribution in [1.82, 2.24) is 9.55 Å². The maximum atomic E-state index is 4.04. The third-order valence-corrected chi connectivity index (χ3v) is 1.15. The van der Waals surface area contributed by atoms with Crippen molar-refractivity contribution in [3.05, 3.63) is 31.8 Å². The largest absolute Gasteiger partial charge is 0.291 e. The zero-order chi connectivity index (χ0) is 8.10. The molecule has 1 heterocycles. The van der Waals surface area contributed by atoms with Crippen LogP contribution in [0.2, 0.25) is 0 Å². The fourth-order valence-corrected chi connectivity index (χ4v) is 0.667. The van der Waals surface area contributed by atoms with Crippen molar-refractivity contribution < 1.29 is 0 Å². The molecule has 0 radical (unpaired) electrons. The molecule has 56 valence electrons. The lowest BCUT2D eigenvalue weighted by molar-refractivity contribution is 1.13. The number of hydrogen-bond donors (Lipinski definition) is 0. The molecular weight excluding hydrogens is 138 g/mol. The van der Waals surface area contributed by atoms with Crippen molar-refractivity contribution in [2.75, 3.05) is 0 Å². The highest BCUT2D eigenvalue weighted by atomic mass is 15.1. The molecule has 0 N–H and O–H groups in total. The summed E-state index contributed by atoms with van der Waals surface area (Å²) in [6, 6.07) is 0. The van der Waals surface area contributed by atoms with Crippen molar-refractivity contribution in [2.45, 2.75) is 0 Å². The van der Waals surface area contributed by atoms with Crippen LogP contribution < -0.4 is 0 Å². The second kappa shape index (κ2) is 3.51. The van der Waals surface area contributed by atoms with E-state index in [2.05, 4.69) is 23.1 Å². The number of rotatable bonds is 3. The molecule has 0 aliphatic rings. The molecule has 0 atom stereocenters. The minimum absolute atomic E-state index is 0.750. The van der Waals surface area contributed by atoms with Crippen LogP contribution in [0.5, 0.6) is 0 Å². The van der Waals surface area contributed by atoms with Crippen LogP contribution in [0.1, 0.15) is 0 Å². The maximum Gasteiger partial charge on any atom is 0.156 e. The van der Waals surface area contributed by atoms with Gasteiger partial charge in [-0.05, 0) is 0 Å². The highest BCUT2D eigenvalue weighted by molar-refractivity contribution is 5.73. The van der Waals surface area contributed by atoms with Crippen molar-refractivity contribution in [3.63, 3.8) is 0 Å². The van der Waals surface area contributed by atoms with Crippen LogP contribution in [0.15, 0.2) is 36.8 Å². The SMILES string of the molecule is C=CC=Nc1cncn1C=C. The second-order valence-corrected chi connectivity index (χ2v) is 1.86. The number of aromatic nitrogens is 2. The lowest BCUT2D eigenvalue weighted by atomic mass is 10.6. The van der Waals surface area contributed by atoms with Gasteiger partial charge in [-0.15, -0.1) is 0 Å². The Morgan fingerprint density at radius 1 is 1.55 bits per heavy atom. The lowest BCUT2D eigenvalue weighted by Crippen LogP contribution is -1.79. The Labute approximate surface area is 65.4 Å². The molecule has 0 spiro atoms. The molecule has 0 aliphatic heterocycles. The number of imidazole rings is 1. The summed E-state index contributed by atoms with van der Waals surface area (Å²) in [6.45, 7) is 7.11. The van der Waals surface area contributed by atoms with Gasteiger partial charge >= 0.3 is 0 Å². The number of allylic oxidation sites excluding steroid dienone is 1. The van der Waals surface area contributed by atoms with Crippen molar-refractivity contribution >= 4 is 18.2 Å². The van der Waals surface area contributed by atoms with Gasteiger partial charge in [0.1, 0.15) is 6.33 Å². The van der Waals surface area contributed by atoms with Crippen molar-refractivity contribution in [3.8, 4) is 0 Å². The Kier molecular flexibility index (Phi) is 2.38. The van der Waals surface area contributed by atoms with E-state index >= 15 is 0 Å². The minimum Gasteiger partial charge on any atom is -0.291 e. The third-order valence-electron chi connectivity index (χ3n) is 1.15. The molecule has 0 aromatic carbocycles. The quantitative estimate of drug-likeness (QED) is 0.600. The summed E-state index contributed by atoms with van der Waals surface area (Å²) in [7, 11) is 0. The van der Waals surface area contributed by atoms with Crippen molar-refractivity contribution in [1.29, 1.82) is 0 Å². The van der Waals surface area contributed by atoms with E-state index in [4.69, 9.17) is 0 Å². The van der Waals surface area contributed by atoms with Crippen LogP contribution in [-0.4, -0.2) is 15.8 Å². The monoisotopic (exact) mass is 147 g/mol. The van der Waals surface area contributed by atoms with E-state index < -0.39 is 0 Å². The van der Waals surface area contributed by atoms with Crippen LogP contribution in [0, 0.1) is 0 Å². The van der Waals surface area contributed by atoms with Gasteiger partial charge in [-0.25, -0.2) is 9.98 Å². The zero-order valence-electron chi connectivity index (χ0n) is 6.14. The third kappa shape index (κ3) is 1.64. The molecule has 0 fully saturated rings. The summed E-state index contributed by atoms with van der Waals surface area (Å²) in [5, 5.41) is 0. The predicted molar refractivity (Wildman–Crippen MR) is 47.0 cm³/mol. The first-order valence-electron chi connectivity index (χ1n) is 3.18. The molecule has 1 aromatic heterocycles. The topological polar surface area (TPSA) is 30.2 Å². The zero-order valence-corrected chi connectivity index (χ0v) is 6.14. The average molecular weight is 147 g/mol. The molecule has 0 bridgehead atoms. The highest BCUT2D eigenvalue weighted by Crippen LogP contribution is 2.09. The van der Waals surface area contributed by atoms with Gasteiger partial charge in [-0.1, -0.05) is 19.2 Å². The maximum absolute atomic E-state index is 4.04. The van der Waals surface area contributed by atoms with Crippen LogP contribution >= 0.6 is 0 Å². The van der Waals surface area contributed by atoms with Crippen molar-refractivity contribution in [2.24, 2.45) is 4.99 Å². The first-order valence-corrected chi connectivity index (χ1v) is 3.18. The fraction of sp³-hybridized carbons (Fsp3) is 0. The first kappa shape index (κ1) is 7.47. The highest BCUT2D eigenvalue weighted by Gasteiger charge is 1.92. The molecule has 11 heavy (non-hydrogen) atoms. The molecule has 0 unspecified atom stereocenters. The molecule has 1 rings (SSSR count). The summed E-state index contributed by atoms with van der Waals surface area (Å²) in [5.74, 6) is 0.750. The van der Waals surface area contributed by atoms with Gasteiger partial charge in [0, 0.05) is 12.4 Å². The Bertz CT molecular complexity index is 283. The van der Waals surface area contributed by atoms with Gasteiger partial charge in [-0.3, -0.25) is 4.57 Å². The van der Waals surface area contributed by atoms with E-state index in [1.807, 2.05) is 0 Å². The smallest absolute Gasteiger partial charge is 0.156 e. The summed E-state index contributed by atoms with van der Waals surface area (Å²) in [5.41, 5.74) is 0. The minimum atomic E-state index is 0.750. The van der Waals surface area contributed by atoms with Gasteiger partial charge in [0.15, 0.2) is 5.82 Å². The Morgan fingerprint density at radius 3 is 3.00 bits per heavy atom. The van der Waals surface area contributed by atoms with Gasteiger partial charge in [0.25, 0.3) is 0 Å². The molecule has 0 aliphatic carbocycles. The van der Waals surface area contributed by atoms with Crippen LogP contribution in [0.3, 0.4) is 0 Å². The molecular formula is C8H9N3. The molecule has 0 saturated heterocycles. The van der Waals surface area contributed by atoms with Gasteiger partial charge in [0.05, 0.1) is 6.20 Å². The summed E-state index contributed by atoms with van der Waals surface area (Å²) in [4.78, 5) is 7.93. The normalized spacial score (nSPS) is 10.2.